The summed E-state index contributed by atoms with van der Waals surface area (Å²) in [6.07, 6.45) is 9.60. The van der Waals surface area contributed by atoms with Gasteiger partial charge in [-0.05, 0) is 67.6 Å². The maximum absolute atomic E-state index is 14.2. The number of rotatable bonds is 25. The number of phosphoric acid groups is 1. The first-order chi connectivity index (χ1) is 28.8. The van der Waals surface area contributed by atoms with Crippen LogP contribution in [0.25, 0.3) is 0 Å². The fraction of sp³-hybridized carbons (Fsp3) is 0.643. The number of carbonyl (C=O) groups excluding carboxylic acids is 6. The molecule has 1 aliphatic carbocycles. The average molecular weight is 877 g/mol. The number of hydrogen-bond acceptors (Lipinski definition) is 11. The highest BCUT2D eigenvalue weighted by molar-refractivity contribution is 7.46. The van der Waals surface area contributed by atoms with Crippen molar-refractivity contribution in [2.24, 2.45) is 17.8 Å². The molecule has 0 spiro atoms. The molecular formula is C42H65N6O12P. The lowest BCUT2D eigenvalue weighted by Gasteiger charge is -2.34. The van der Waals surface area contributed by atoms with Gasteiger partial charge in [-0.2, -0.15) is 0 Å². The molecule has 19 heteroatoms. The summed E-state index contributed by atoms with van der Waals surface area (Å²) < 4.78 is 15.6. The van der Waals surface area contributed by atoms with E-state index in [1.54, 1.807) is 0 Å². The van der Waals surface area contributed by atoms with E-state index in [0.717, 1.165) is 64.5 Å². The molecule has 3 rings (SSSR count). The van der Waals surface area contributed by atoms with E-state index < -0.39 is 73.3 Å². The van der Waals surface area contributed by atoms with Crippen LogP contribution in [0, 0.1) is 17.8 Å². The molecule has 1 unspecified atom stereocenters. The van der Waals surface area contributed by atoms with Gasteiger partial charge >= 0.3 is 13.8 Å². The molecule has 1 aromatic carbocycles. The number of carboxylic acids is 1. The molecule has 2 aliphatic rings. The van der Waals surface area contributed by atoms with Crippen LogP contribution in [-0.4, -0.2) is 104 Å². The van der Waals surface area contributed by atoms with E-state index in [0.29, 0.717) is 12.8 Å². The molecule has 8 N–H and O–H groups in total. The number of phosphoric ester groups is 1. The Labute approximate surface area is 358 Å². The Balaban J connectivity index is 1.77. The summed E-state index contributed by atoms with van der Waals surface area (Å²) in [4.78, 5) is 112. The lowest BCUT2D eigenvalue weighted by Crippen LogP contribution is -2.61. The summed E-state index contributed by atoms with van der Waals surface area (Å²) in [5, 5.41) is 22.2. The first-order valence-electron chi connectivity index (χ1n) is 21.3. The Morgan fingerprint density at radius 1 is 0.820 bits per heavy atom. The summed E-state index contributed by atoms with van der Waals surface area (Å²) in [6, 6.07) is -1.08. The van der Waals surface area contributed by atoms with Gasteiger partial charge in [0.2, 0.25) is 23.5 Å². The number of piperidine rings is 1. The summed E-state index contributed by atoms with van der Waals surface area (Å²) in [5.74, 6) is -7.99. The van der Waals surface area contributed by atoms with Crippen LogP contribution in [0.1, 0.15) is 110 Å². The van der Waals surface area contributed by atoms with Crippen molar-refractivity contribution in [1.82, 2.24) is 31.7 Å². The maximum Gasteiger partial charge on any atom is 0.524 e. The monoisotopic (exact) mass is 876 g/mol. The largest absolute Gasteiger partial charge is 0.524 e. The molecule has 1 saturated heterocycles. The molecule has 18 nitrogen and oxygen atoms in total. The summed E-state index contributed by atoms with van der Waals surface area (Å²) >= 11 is 0. The highest BCUT2D eigenvalue weighted by Crippen LogP contribution is 2.37. The third-order valence-electron chi connectivity index (χ3n) is 11.1. The minimum absolute atomic E-state index is 0.0642. The summed E-state index contributed by atoms with van der Waals surface area (Å²) in [7, 11) is -4.84. The standard InChI is InChI=1S/C42H65N6O12P/c1-6-14-31(36(49)37(50)41(54)45-34(42(55)56)25-29-17-19-30(20-18-29)60-61(57,58)59)43-38(51)32(24-28-15-10-8-11-16-28)44-40(53)35(27(5)7-2)46-39(52)33(23-26(3)4)47-48-21-12-9-13-22-48/h6,17-20,26-28,31-35,47H,1,7-16,21-25H2,2-5H3,(H,43,51)(H,44,53)(H,45,54)(H,46,52)(H,55,56)(H2,57,58,59)/t27-,31?,32-,33-,34-,35-/m0/s1. The molecule has 0 radical (unpaired) electrons. The number of benzene rings is 1. The second-order valence-electron chi connectivity index (χ2n) is 16.6. The molecular weight excluding hydrogens is 811 g/mol. The van der Waals surface area contributed by atoms with E-state index in [2.05, 4.69) is 37.5 Å². The number of carboxylic acid groups (broad SMARTS) is 1. The van der Waals surface area contributed by atoms with Crippen LogP contribution in [-0.2, 0) is 44.5 Å². The van der Waals surface area contributed by atoms with Crippen molar-refractivity contribution in [3.8, 4) is 5.75 Å². The first-order valence-corrected chi connectivity index (χ1v) is 22.8. The molecule has 0 bridgehead atoms. The Morgan fingerprint density at radius 2 is 1.41 bits per heavy atom. The SMILES string of the molecule is C=CCC(NC(=O)[C@H](CC1CCCCC1)NC(=O)[C@@H](NC(=O)[C@H](CC(C)C)NN1CCCCC1)[C@@H](C)CC)C(=O)C(=O)C(=O)N[C@@H](Cc1ccc(OP(=O)(O)O)cc1)C(=O)O. The van der Waals surface area contributed by atoms with Gasteiger partial charge in [-0.15, -0.1) is 6.58 Å². The summed E-state index contributed by atoms with van der Waals surface area (Å²) in [5.41, 5.74) is 3.66. The molecule has 2 fully saturated rings. The van der Waals surface area contributed by atoms with Crippen LogP contribution in [0.4, 0.5) is 0 Å². The fourth-order valence-corrected chi connectivity index (χ4v) is 7.96. The maximum atomic E-state index is 14.2. The molecule has 1 saturated carbocycles. The van der Waals surface area contributed by atoms with Crippen molar-refractivity contribution in [3.63, 3.8) is 0 Å². The van der Waals surface area contributed by atoms with E-state index in [4.69, 9.17) is 9.79 Å². The number of amides is 4. The number of aliphatic carboxylic acids is 1. The van der Waals surface area contributed by atoms with Crippen molar-refractivity contribution in [2.75, 3.05) is 13.1 Å². The normalized spacial score (nSPS) is 18.0. The zero-order valence-corrected chi connectivity index (χ0v) is 36.6. The quantitative estimate of drug-likeness (QED) is 0.0304. The van der Waals surface area contributed by atoms with Crippen molar-refractivity contribution >= 4 is 49.0 Å². The number of carbonyl (C=O) groups is 7. The van der Waals surface area contributed by atoms with E-state index >= 15 is 0 Å². The van der Waals surface area contributed by atoms with Crippen LogP contribution >= 0.6 is 7.82 Å². The minimum atomic E-state index is -4.84. The number of Topliss-reactive ketones (excluding diaryl/α,β-unsaturated/α-hetero) is 2. The van der Waals surface area contributed by atoms with E-state index in [9.17, 15) is 43.2 Å². The van der Waals surface area contributed by atoms with Crippen LogP contribution in [0.5, 0.6) is 5.75 Å². The number of hydrazine groups is 1. The lowest BCUT2D eigenvalue weighted by molar-refractivity contribution is -0.148. The Hall–Kier alpha value is -4.48. The van der Waals surface area contributed by atoms with Gasteiger partial charge in [-0.25, -0.2) is 19.8 Å². The predicted octanol–water partition coefficient (Wildman–Crippen LogP) is 2.86. The van der Waals surface area contributed by atoms with Crippen molar-refractivity contribution in [2.45, 2.75) is 141 Å². The number of ketones is 2. The van der Waals surface area contributed by atoms with Crippen LogP contribution in [0.15, 0.2) is 36.9 Å². The molecule has 1 aliphatic heterocycles. The van der Waals surface area contributed by atoms with Gasteiger partial charge in [0.15, 0.2) is 0 Å². The van der Waals surface area contributed by atoms with Gasteiger partial charge in [0.1, 0.15) is 29.9 Å². The summed E-state index contributed by atoms with van der Waals surface area (Å²) in [6.45, 7) is 13.0. The van der Waals surface area contributed by atoms with Crippen LogP contribution < -0.4 is 31.2 Å². The van der Waals surface area contributed by atoms with Gasteiger partial charge in [0.05, 0.1) is 6.04 Å². The highest BCUT2D eigenvalue weighted by atomic mass is 31.2. The molecule has 0 aromatic heterocycles. The Bertz CT molecular complexity index is 1720. The third-order valence-corrected chi connectivity index (χ3v) is 11.5. The smallest absolute Gasteiger partial charge is 0.480 e. The van der Waals surface area contributed by atoms with E-state index in [1.807, 2.05) is 33.0 Å². The van der Waals surface area contributed by atoms with Crippen molar-refractivity contribution in [1.29, 1.82) is 0 Å². The van der Waals surface area contributed by atoms with Crippen molar-refractivity contribution < 1.29 is 57.5 Å². The minimum Gasteiger partial charge on any atom is -0.480 e. The van der Waals surface area contributed by atoms with Gasteiger partial charge < -0.3 is 30.9 Å². The lowest BCUT2D eigenvalue weighted by atomic mass is 9.84. The average Bonchev–Trinajstić information content (AvgIpc) is 3.21. The molecule has 340 valence electrons. The Kier molecular flexibility index (Phi) is 20.7. The van der Waals surface area contributed by atoms with Gasteiger partial charge in [0, 0.05) is 19.5 Å². The van der Waals surface area contributed by atoms with Gasteiger partial charge in [0.25, 0.3) is 11.7 Å². The number of nitrogens with one attached hydrogen (secondary N) is 5. The number of nitrogens with zero attached hydrogens (tertiary/aromatic N) is 1. The molecule has 1 heterocycles. The molecule has 61 heavy (non-hydrogen) atoms. The van der Waals surface area contributed by atoms with Gasteiger partial charge in [-0.3, -0.25) is 38.6 Å². The second kappa shape index (κ2) is 24.8. The van der Waals surface area contributed by atoms with Crippen LogP contribution in [0.3, 0.4) is 0 Å². The van der Waals surface area contributed by atoms with E-state index in [-0.39, 0.29) is 54.2 Å². The topological polar surface area (TPSA) is 270 Å². The molecule has 1 aromatic rings. The highest BCUT2D eigenvalue weighted by Gasteiger charge is 2.37. The number of hydrogen-bond donors (Lipinski definition) is 8. The second-order valence-corrected chi connectivity index (χ2v) is 17.8. The first kappa shape index (κ1) is 50.9. The predicted molar refractivity (Wildman–Crippen MR) is 225 cm³/mol. The van der Waals surface area contributed by atoms with Crippen LogP contribution in [0.2, 0.25) is 0 Å². The molecule has 6 atom stereocenters. The Morgan fingerprint density at radius 3 is 1.97 bits per heavy atom. The third kappa shape index (κ3) is 17.4. The van der Waals surface area contributed by atoms with Crippen molar-refractivity contribution in [3.05, 3.63) is 42.5 Å². The van der Waals surface area contributed by atoms with Gasteiger partial charge in [-0.1, -0.05) is 90.8 Å². The zero-order valence-electron chi connectivity index (χ0n) is 35.7. The fourth-order valence-electron chi connectivity index (χ4n) is 7.56. The zero-order chi connectivity index (χ0) is 45.3. The molecule has 4 amide bonds. The van der Waals surface area contributed by atoms with E-state index in [1.165, 1.54) is 30.3 Å².